The number of piperidine rings is 1. The third-order valence-corrected chi connectivity index (χ3v) is 4.97. The van der Waals surface area contributed by atoms with Crippen LogP contribution in [0.2, 0.25) is 0 Å². The summed E-state index contributed by atoms with van der Waals surface area (Å²) in [5.41, 5.74) is 0. The molecular formula is C16H23N5O3. The Kier molecular flexibility index (Phi) is 4.24. The Morgan fingerprint density at radius 3 is 3.00 bits per heavy atom. The fraction of sp³-hybridized carbons (Fsp3) is 0.688. The van der Waals surface area contributed by atoms with Crippen LogP contribution in [0.1, 0.15) is 25.5 Å². The smallest absolute Gasteiger partial charge is 0.245 e. The molecule has 8 nitrogen and oxygen atoms in total. The minimum Gasteiger partial charge on any atom is -0.469 e. The number of aryl methyl sites for hydroxylation is 2. The minimum absolute atomic E-state index is 0.323. The molecule has 0 saturated carbocycles. The summed E-state index contributed by atoms with van der Waals surface area (Å²) in [7, 11) is 0. The Labute approximate surface area is 140 Å². The average molecular weight is 333 g/mol. The van der Waals surface area contributed by atoms with Crippen LogP contribution in [-0.2, 0) is 22.4 Å². The van der Waals surface area contributed by atoms with Crippen LogP contribution in [0, 0.1) is 5.92 Å². The SMILES string of the molecule is CC1(C2CCCN(c3nnnn3CCc3ccco3)C2)OCCO1. The maximum Gasteiger partial charge on any atom is 0.245 e. The lowest BCUT2D eigenvalue weighted by atomic mass is 9.90. The van der Waals surface area contributed by atoms with Crippen LogP contribution in [-0.4, -0.2) is 52.3 Å². The molecule has 0 bridgehead atoms. The Morgan fingerprint density at radius 1 is 1.33 bits per heavy atom. The molecule has 2 aromatic heterocycles. The maximum atomic E-state index is 5.85. The molecule has 8 heteroatoms. The second kappa shape index (κ2) is 6.52. The summed E-state index contributed by atoms with van der Waals surface area (Å²) in [5, 5.41) is 12.2. The molecule has 0 aliphatic carbocycles. The van der Waals surface area contributed by atoms with Gasteiger partial charge in [0.05, 0.1) is 26.0 Å². The molecule has 0 aromatic carbocycles. The number of rotatable bonds is 5. The topological polar surface area (TPSA) is 78.4 Å². The zero-order valence-corrected chi connectivity index (χ0v) is 13.9. The van der Waals surface area contributed by atoms with Gasteiger partial charge in [0, 0.05) is 25.4 Å². The van der Waals surface area contributed by atoms with Gasteiger partial charge >= 0.3 is 0 Å². The zero-order valence-electron chi connectivity index (χ0n) is 13.9. The first-order valence-electron chi connectivity index (χ1n) is 8.56. The predicted molar refractivity (Wildman–Crippen MR) is 85.5 cm³/mol. The van der Waals surface area contributed by atoms with Crippen molar-refractivity contribution in [2.75, 3.05) is 31.2 Å². The number of furan rings is 1. The van der Waals surface area contributed by atoms with Crippen LogP contribution in [0.4, 0.5) is 5.95 Å². The number of tetrazole rings is 1. The predicted octanol–water partition coefficient (Wildman–Crippen LogP) is 1.49. The molecule has 0 amide bonds. The van der Waals surface area contributed by atoms with E-state index in [1.807, 2.05) is 23.7 Å². The highest BCUT2D eigenvalue weighted by molar-refractivity contribution is 5.29. The van der Waals surface area contributed by atoms with Gasteiger partial charge in [0.2, 0.25) is 5.95 Å². The molecule has 2 saturated heterocycles. The van der Waals surface area contributed by atoms with E-state index in [4.69, 9.17) is 13.9 Å². The number of anilines is 1. The van der Waals surface area contributed by atoms with Crippen LogP contribution in [0.25, 0.3) is 0 Å². The summed E-state index contributed by atoms with van der Waals surface area (Å²) >= 11 is 0. The van der Waals surface area contributed by atoms with Crippen molar-refractivity contribution >= 4 is 5.95 Å². The lowest BCUT2D eigenvalue weighted by Crippen LogP contribution is -2.47. The molecular weight excluding hydrogens is 310 g/mol. The van der Waals surface area contributed by atoms with Crippen molar-refractivity contribution in [2.45, 2.75) is 38.5 Å². The molecule has 0 radical (unpaired) electrons. The third-order valence-electron chi connectivity index (χ3n) is 4.97. The van der Waals surface area contributed by atoms with Crippen molar-refractivity contribution in [3.8, 4) is 0 Å². The van der Waals surface area contributed by atoms with Gasteiger partial charge in [-0.2, -0.15) is 0 Å². The molecule has 1 atom stereocenters. The van der Waals surface area contributed by atoms with Gasteiger partial charge in [0.1, 0.15) is 5.76 Å². The molecule has 24 heavy (non-hydrogen) atoms. The van der Waals surface area contributed by atoms with E-state index in [9.17, 15) is 0 Å². The molecule has 0 N–H and O–H groups in total. The van der Waals surface area contributed by atoms with Crippen molar-refractivity contribution in [2.24, 2.45) is 5.92 Å². The van der Waals surface area contributed by atoms with E-state index >= 15 is 0 Å². The molecule has 2 aliphatic heterocycles. The molecule has 130 valence electrons. The van der Waals surface area contributed by atoms with Gasteiger partial charge in [-0.05, 0) is 42.3 Å². The zero-order chi connectivity index (χ0) is 16.4. The van der Waals surface area contributed by atoms with Crippen LogP contribution < -0.4 is 4.90 Å². The standard InChI is InChI=1S/C16H23N5O3/c1-16(23-10-11-24-16)13-4-2-7-20(12-13)15-17-18-19-21(15)8-6-14-5-3-9-22-14/h3,5,9,13H,2,4,6-8,10-12H2,1H3. The van der Waals surface area contributed by atoms with Gasteiger partial charge < -0.3 is 18.8 Å². The first kappa shape index (κ1) is 15.6. The Bertz CT molecular complexity index is 650. The molecule has 2 fully saturated rings. The number of hydrogen-bond acceptors (Lipinski definition) is 7. The summed E-state index contributed by atoms with van der Waals surface area (Å²) in [6, 6.07) is 3.87. The van der Waals surface area contributed by atoms with E-state index in [-0.39, 0.29) is 0 Å². The van der Waals surface area contributed by atoms with Gasteiger partial charge in [-0.1, -0.05) is 5.10 Å². The first-order valence-corrected chi connectivity index (χ1v) is 8.56. The molecule has 4 heterocycles. The number of ether oxygens (including phenoxy) is 2. The first-order chi connectivity index (χ1) is 11.7. The highest BCUT2D eigenvalue weighted by atomic mass is 16.7. The Morgan fingerprint density at radius 2 is 2.21 bits per heavy atom. The van der Waals surface area contributed by atoms with Gasteiger partial charge in [-0.3, -0.25) is 0 Å². The highest BCUT2D eigenvalue weighted by Crippen LogP contribution is 2.35. The van der Waals surface area contributed by atoms with E-state index in [0.717, 1.165) is 44.1 Å². The normalized spacial score (nSPS) is 23.7. The van der Waals surface area contributed by atoms with E-state index in [1.165, 1.54) is 0 Å². The van der Waals surface area contributed by atoms with Crippen molar-refractivity contribution in [1.82, 2.24) is 20.2 Å². The maximum absolute atomic E-state index is 5.85. The fourth-order valence-corrected chi connectivity index (χ4v) is 3.59. The van der Waals surface area contributed by atoms with E-state index < -0.39 is 5.79 Å². The average Bonchev–Trinajstić information content (AvgIpc) is 3.35. The quantitative estimate of drug-likeness (QED) is 0.820. The highest BCUT2D eigenvalue weighted by Gasteiger charge is 2.42. The van der Waals surface area contributed by atoms with Gasteiger partial charge in [-0.25, -0.2) is 4.68 Å². The second-order valence-electron chi connectivity index (χ2n) is 6.53. The minimum atomic E-state index is -0.481. The lowest BCUT2D eigenvalue weighted by molar-refractivity contribution is -0.182. The molecule has 2 aliphatic rings. The van der Waals surface area contributed by atoms with Crippen LogP contribution in [0.15, 0.2) is 22.8 Å². The molecule has 0 spiro atoms. The summed E-state index contributed by atoms with van der Waals surface area (Å²) in [5.74, 6) is 1.59. The van der Waals surface area contributed by atoms with Gasteiger partial charge in [0.25, 0.3) is 0 Å². The Balaban J connectivity index is 1.44. The molecule has 2 aromatic rings. The third kappa shape index (κ3) is 3.03. The summed E-state index contributed by atoms with van der Waals surface area (Å²) in [6.45, 7) is 5.89. The van der Waals surface area contributed by atoms with Gasteiger partial charge in [0.15, 0.2) is 5.79 Å². The largest absolute Gasteiger partial charge is 0.469 e. The number of nitrogens with zero attached hydrogens (tertiary/aromatic N) is 5. The fourth-order valence-electron chi connectivity index (χ4n) is 3.59. The van der Waals surface area contributed by atoms with Crippen LogP contribution in [0.5, 0.6) is 0 Å². The van der Waals surface area contributed by atoms with Gasteiger partial charge in [-0.15, -0.1) is 0 Å². The monoisotopic (exact) mass is 333 g/mol. The molecule has 1 unspecified atom stereocenters. The van der Waals surface area contributed by atoms with Crippen LogP contribution >= 0.6 is 0 Å². The summed E-state index contributed by atoms with van der Waals surface area (Å²) in [6.07, 6.45) is 4.64. The molecule has 4 rings (SSSR count). The van der Waals surface area contributed by atoms with E-state index in [2.05, 4.69) is 20.4 Å². The summed E-state index contributed by atoms with van der Waals surface area (Å²) in [4.78, 5) is 2.24. The van der Waals surface area contributed by atoms with Crippen molar-refractivity contribution < 1.29 is 13.9 Å². The Hall–Kier alpha value is -1.93. The van der Waals surface area contributed by atoms with E-state index in [1.54, 1.807) is 6.26 Å². The second-order valence-corrected chi connectivity index (χ2v) is 6.53. The van der Waals surface area contributed by atoms with Crippen molar-refractivity contribution in [1.29, 1.82) is 0 Å². The van der Waals surface area contributed by atoms with Crippen LogP contribution in [0.3, 0.4) is 0 Å². The van der Waals surface area contributed by atoms with E-state index in [0.29, 0.717) is 25.7 Å². The number of hydrogen-bond donors (Lipinski definition) is 0. The van der Waals surface area contributed by atoms with Crippen molar-refractivity contribution in [3.05, 3.63) is 24.2 Å². The lowest BCUT2D eigenvalue weighted by Gasteiger charge is -2.39. The number of aromatic nitrogens is 4. The van der Waals surface area contributed by atoms with Crippen molar-refractivity contribution in [3.63, 3.8) is 0 Å². The summed E-state index contributed by atoms with van der Waals surface area (Å²) < 4.78 is 18.9.